The zero-order chi connectivity index (χ0) is 28.2. The third kappa shape index (κ3) is 37.1. The Hall–Kier alpha value is -1.14. The molecule has 0 radical (unpaired) electrons. The lowest BCUT2D eigenvalue weighted by atomic mass is 9.89. The molecule has 1 atom stereocenters. The van der Waals surface area contributed by atoms with Gasteiger partial charge in [-0.25, -0.2) is 0 Å². The molecule has 0 saturated carbocycles. The quantitative estimate of drug-likeness (QED) is 0.0858. The van der Waals surface area contributed by atoms with Crippen molar-refractivity contribution in [1.82, 2.24) is 0 Å². The lowest BCUT2D eigenvalue weighted by Gasteiger charge is -2.17. The van der Waals surface area contributed by atoms with Gasteiger partial charge in [0.05, 0.1) is 6.61 Å². The molecule has 0 aliphatic rings. The highest BCUT2D eigenvalue weighted by Gasteiger charge is 2.09. The van der Waals surface area contributed by atoms with Crippen LogP contribution in [0.15, 0.2) is 0 Å². The van der Waals surface area contributed by atoms with E-state index in [0.717, 1.165) is 32.1 Å². The lowest BCUT2D eigenvalue weighted by Crippen LogP contribution is -2.21. The molecule has 0 aromatic heterocycles. The maximum absolute atomic E-state index is 11.4. The van der Waals surface area contributed by atoms with Crippen molar-refractivity contribution in [2.24, 2.45) is 5.41 Å². The minimum absolute atomic E-state index is 0.103. The van der Waals surface area contributed by atoms with Gasteiger partial charge in [-0.1, -0.05) is 130 Å². The Labute approximate surface area is 229 Å². The van der Waals surface area contributed by atoms with E-state index < -0.39 is 12.1 Å². The molecule has 0 amide bonds. The van der Waals surface area contributed by atoms with Crippen LogP contribution in [0.5, 0.6) is 0 Å². The summed E-state index contributed by atoms with van der Waals surface area (Å²) in [6.07, 6.45) is 23.6. The van der Waals surface area contributed by atoms with Crippen LogP contribution in [-0.4, -0.2) is 46.6 Å². The molecule has 6 nitrogen and oxygen atoms in total. The van der Waals surface area contributed by atoms with Crippen molar-refractivity contribution in [2.75, 3.05) is 13.2 Å². The number of ether oxygens (including phenoxy) is 1. The van der Waals surface area contributed by atoms with Gasteiger partial charge in [0.15, 0.2) is 0 Å². The van der Waals surface area contributed by atoms with Gasteiger partial charge < -0.3 is 20.1 Å². The number of aliphatic carboxylic acids is 1. The zero-order valence-electron chi connectivity index (χ0n) is 24.9. The Bertz CT molecular complexity index is 500. The summed E-state index contributed by atoms with van der Waals surface area (Å²) < 4.78 is 4.86. The molecule has 0 spiro atoms. The molecule has 0 aromatic rings. The van der Waals surface area contributed by atoms with E-state index in [1.165, 1.54) is 89.9 Å². The van der Waals surface area contributed by atoms with Crippen LogP contribution in [-0.2, 0) is 14.3 Å². The van der Waals surface area contributed by atoms with Gasteiger partial charge in [0.1, 0.15) is 12.7 Å². The molecule has 0 fully saturated rings. The van der Waals surface area contributed by atoms with Gasteiger partial charge in [-0.3, -0.25) is 9.59 Å². The molecule has 0 aromatic carbocycles. The molecule has 6 heteroatoms. The van der Waals surface area contributed by atoms with Crippen molar-refractivity contribution < 1.29 is 29.6 Å². The summed E-state index contributed by atoms with van der Waals surface area (Å²) in [6, 6.07) is 0. The second kappa shape index (κ2) is 27.9. The van der Waals surface area contributed by atoms with Gasteiger partial charge >= 0.3 is 11.9 Å². The number of aliphatic hydroxyl groups is 2. The molecule has 37 heavy (non-hydrogen) atoms. The smallest absolute Gasteiger partial charge is 0.305 e. The highest BCUT2D eigenvalue weighted by molar-refractivity contribution is 5.69. The summed E-state index contributed by atoms with van der Waals surface area (Å²) in [7, 11) is 0. The number of rotatable bonds is 24. The lowest BCUT2D eigenvalue weighted by molar-refractivity contribution is -0.147. The molecule has 0 aliphatic carbocycles. The summed E-state index contributed by atoms with van der Waals surface area (Å²) in [5, 5.41) is 26.1. The van der Waals surface area contributed by atoms with Crippen molar-refractivity contribution in [1.29, 1.82) is 0 Å². The van der Waals surface area contributed by atoms with E-state index in [4.69, 9.17) is 20.1 Å². The van der Waals surface area contributed by atoms with Crippen LogP contribution in [0.1, 0.15) is 163 Å². The number of carbonyl (C=O) groups excluding carboxylic acids is 1. The van der Waals surface area contributed by atoms with Gasteiger partial charge in [0, 0.05) is 12.8 Å². The molecular weight excluding hydrogens is 468 g/mol. The van der Waals surface area contributed by atoms with Gasteiger partial charge in [-0.05, 0) is 24.7 Å². The first-order valence-corrected chi connectivity index (χ1v) is 15.3. The number of hydrogen-bond acceptors (Lipinski definition) is 5. The Morgan fingerprint density at radius 3 is 1.49 bits per heavy atom. The number of unbranched alkanes of at least 4 members (excludes halogenated alkanes) is 16. The predicted molar refractivity (Wildman–Crippen MR) is 154 cm³/mol. The molecule has 0 rings (SSSR count). The van der Waals surface area contributed by atoms with Crippen molar-refractivity contribution in [3.63, 3.8) is 0 Å². The number of hydrogen-bond donors (Lipinski definition) is 3. The minimum Gasteiger partial charge on any atom is -0.481 e. The highest BCUT2D eigenvalue weighted by Crippen LogP contribution is 2.22. The third-order valence-corrected chi connectivity index (χ3v) is 6.45. The van der Waals surface area contributed by atoms with Crippen LogP contribution in [0, 0.1) is 5.41 Å². The second-order valence-corrected chi connectivity index (χ2v) is 11.7. The predicted octanol–water partition coefficient (Wildman–Crippen LogP) is 8.21. The van der Waals surface area contributed by atoms with Gasteiger partial charge in [-0.2, -0.15) is 0 Å². The fourth-order valence-electron chi connectivity index (χ4n) is 4.06. The first kappa shape index (κ1) is 38.0. The monoisotopic (exact) mass is 530 g/mol. The second-order valence-electron chi connectivity index (χ2n) is 11.7. The van der Waals surface area contributed by atoms with Crippen LogP contribution in [0.3, 0.4) is 0 Å². The first-order valence-electron chi connectivity index (χ1n) is 15.3. The van der Waals surface area contributed by atoms with Crippen LogP contribution < -0.4 is 0 Å². The van der Waals surface area contributed by atoms with Gasteiger partial charge in [-0.15, -0.1) is 0 Å². The van der Waals surface area contributed by atoms with E-state index in [0.29, 0.717) is 18.3 Å². The molecule has 3 N–H and O–H groups in total. The van der Waals surface area contributed by atoms with E-state index in [2.05, 4.69) is 27.7 Å². The van der Waals surface area contributed by atoms with E-state index in [-0.39, 0.29) is 19.2 Å². The fourth-order valence-corrected chi connectivity index (χ4v) is 4.06. The maximum atomic E-state index is 11.4. The van der Waals surface area contributed by atoms with Crippen molar-refractivity contribution in [2.45, 2.75) is 169 Å². The van der Waals surface area contributed by atoms with Gasteiger partial charge in [0.25, 0.3) is 0 Å². The number of carboxylic acids is 1. The Morgan fingerprint density at radius 1 is 0.676 bits per heavy atom. The standard InChI is InChI=1S/C21H42O4.C10H20O2/c1-2-3-4-5-6-7-8-9-10-11-12-13-14-15-16-17-21(24)25-19-20(23)18-22;1-10(2,3)8-6-4-5-7-9(11)12/h20,22-23H,2-19H2,1H3;4-8H2,1-3H3,(H,11,12). The van der Waals surface area contributed by atoms with E-state index >= 15 is 0 Å². The molecule has 0 bridgehead atoms. The number of carboxylic acid groups (broad SMARTS) is 1. The van der Waals surface area contributed by atoms with Gasteiger partial charge in [0.2, 0.25) is 0 Å². The maximum Gasteiger partial charge on any atom is 0.305 e. The minimum atomic E-state index is -0.954. The highest BCUT2D eigenvalue weighted by atomic mass is 16.5. The summed E-state index contributed by atoms with van der Waals surface area (Å²) in [5.41, 5.74) is 0.392. The summed E-state index contributed by atoms with van der Waals surface area (Å²) in [6.45, 7) is 8.43. The molecule has 0 heterocycles. The Morgan fingerprint density at radius 2 is 1.08 bits per heavy atom. The summed E-state index contributed by atoms with van der Waals surface area (Å²) >= 11 is 0. The van der Waals surface area contributed by atoms with Crippen LogP contribution in [0.25, 0.3) is 0 Å². The van der Waals surface area contributed by atoms with E-state index in [9.17, 15) is 9.59 Å². The topological polar surface area (TPSA) is 104 Å². The van der Waals surface area contributed by atoms with Crippen LogP contribution >= 0.6 is 0 Å². The average molecular weight is 531 g/mol. The van der Waals surface area contributed by atoms with Crippen LogP contribution in [0.2, 0.25) is 0 Å². The van der Waals surface area contributed by atoms with E-state index in [1.54, 1.807) is 0 Å². The molecule has 222 valence electrons. The normalized spacial score (nSPS) is 12.1. The number of carbonyl (C=O) groups is 2. The number of aliphatic hydroxyl groups excluding tert-OH is 2. The summed E-state index contributed by atoms with van der Waals surface area (Å²) in [4.78, 5) is 21.5. The summed E-state index contributed by atoms with van der Waals surface area (Å²) in [5.74, 6) is -0.951. The Kier molecular flexibility index (Phi) is 28.6. The third-order valence-electron chi connectivity index (χ3n) is 6.45. The Balaban J connectivity index is 0. The molecular formula is C31H62O6. The first-order chi connectivity index (χ1) is 17.6. The van der Waals surface area contributed by atoms with Crippen molar-refractivity contribution in [3.8, 4) is 0 Å². The largest absolute Gasteiger partial charge is 0.481 e. The molecule has 0 saturated heterocycles. The zero-order valence-corrected chi connectivity index (χ0v) is 24.9. The van der Waals surface area contributed by atoms with Crippen molar-refractivity contribution in [3.05, 3.63) is 0 Å². The van der Waals surface area contributed by atoms with E-state index in [1.807, 2.05) is 0 Å². The average Bonchev–Trinajstić information content (AvgIpc) is 2.84. The van der Waals surface area contributed by atoms with Crippen LogP contribution in [0.4, 0.5) is 0 Å². The van der Waals surface area contributed by atoms with Crippen molar-refractivity contribution >= 4 is 11.9 Å². The molecule has 1 unspecified atom stereocenters. The fraction of sp³-hybridized carbons (Fsp3) is 0.935. The SMILES string of the molecule is CC(C)(C)CCCCCC(=O)O.CCCCCCCCCCCCCCCCCC(=O)OCC(O)CO. The molecule has 0 aliphatic heterocycles. The number of esters is 1.